The number of carboxylic acids is 2. The maximum absolute atomic E-state index is 11.9. The third kappa shape index (κ3) is 7.61. The molecule has 302 valence electrons. The van der Waals surface area contributed by atoms with Gasteiger partial charge >= 0.3 is 11.9 Å². The molecule has 2 heterocycles. The van der Waals surface area contributed by atoms with E-state index in [0.29, 0.717) is 23.3 Å². The van der Waals surface area contributed by atoms with Gasteiger partial charge in [0.05, 0.1) is 28.8 Å². The van der Waals surface area contributed by atoms with E-state index >= 15 is 0 Å². The molecule has 0 radical (unpaired) electrons. The Kier molecular flexibility index (Phi) is 11.2. The second kappa shape index (κ2) is 15.8. The van der Waals surface area contributed by atoms with Crippen molar-refractivity contribution in [1.82, 2.24) is 0 Å². The number of allylic oxidation sites excluding steroid dienone is 8. The van der Waals surface area contributed by atoms with Crippen molar-refractivity contribution in [2.24, 2.45) is 0 Å². The van der Waals surface area contributed by atoms with E-state index in [0.717, 1.165) is 78.2 Å². The zero-order chi connectivity index (χ0) is 41.7. The fraction of sp³-hybridized carbons (Fsp3) is 0.279. The predicted molar refractivity (Wildman–Crippen MR) is 223 cm³/mol. The fourth-order valence-corrected chi connectivity index (χ4v) is 9.91. The molecule has 15 heteroatoms. The first-order valence-electron chi connectivity index (χ1n) is 18.5. The number of carbonyl (C=O) groups is 2. The smallest absolute Gasteiger partial charge is 0.309 e. The van der Waals surface area contributed by atoms with Gasteiger partial charge in [-0.05, 0) is 107 Å². The molecule has 12 nitrogen and oxygen atoms in total. The van der Waals surface area contributed by atoms with Crippen LogP contribution in [0.1, 0.15) is 64.5 Å². The van der Waals surface area contributed by atoms with E-state index in [9.17, 15) is 32.8 Å². The molecule has 4 aromatic rings. The third-order valence-corrected chi connectivity index (χ3v) is 13.2. The summed E-state index contributed by atoms with van der Waals surface area (Å²) < 4.78 is 40.1. The quantitative estimate of drug-likeness (QED) is 0.0331. The average Bonchev–Trinajstić information content (AvgIpc) is 3.71. The van der Waals surface area contributed by atoms with E-state index in [1.807, 2.05) is 79.1 Å². The zero-order valence-electron chi connectivity index (χ0n) is 32.2. The molecule has 0 saturated heterocycles. The lowest BCUT2D eigenvalue weighted by Gasteiger charge is -2.26. The van der Waals surface area contributed by atoms with Crippen molar-refractivity contribution in [1.29, 1.82) is 0 Å². The van der Waals surface area contributed by atoms with Gasteiger partial charge in [0.1, 0.15) is 6.42 Å². The summed E-state index contributed by atoms with van der Waals surface area (Å²) in [5.74, 6) is -1.84. The summed E-state index contributed by atoms with van der Waals surface area (Å²) >= 11 is 7.98. The van der Waals surface area contributed by atoms with Crippen molar-refractivity contribution >= 4 is 84.3 Å². The average molecular weight is 846 g/mol. The van der Waals surface area contributed by atoms with E-state index in [1.165, 1.54) is 12.1 Å². The Balaban J connectivity index is 1.24. The second-order valence-corrected chi connectivity index (χ2v) is 18.1. The molecule has 4 N–H and O–H groups in total. The monoisotopic (exact) mass is 845 g/mol. The van der Waals surface area contributed by atoms with Crippen molar-refractivity contribution in [3.63, 3.8) is 0 Å². The fourth-order valence-electron chi connectivity index (χ4n) is 8.67. The number of hydrogen-bond acceptors (Lipinski definition) is 9. The van der Waals surface area contributed by atoms with Crippen LogP contribution < -0.4 is 4.90 Å². The highest BCUT2D eigenvalue weighted by Gasteiger charge is 2.46. The molecule has 1 aliphatic carbocycles. The highest BCUT2D eigenvalue weighted by molar-refractivity contribution is 7.94. The molecule has 7 rings (SSSR count). The van der Waals surface area contributed by atoms with Gasteiger partial charge < -0.3 is 15.1 Å². The zero-order valence-corrected chi connectivity index (χ0v) is 34.5. The highest BCUT2D eigenvalue weighted by atomic mass is 35.5. The second-order valence-electron chi connectivity index (χ2n) is 15.5. The van der Waals surface area contributed by atoms with Crippen LogP contribution in [-0.2, 0) is 39.9 Å². The number of halogens is 1. The van der Waals surface area contributed by atoms with Crippen LogP contribution in [0, 0.1) is 0 Å². The largest absolute Gasteiger partial charge is 0.481 e. The SMILES string of the molecule is CC1(C)C(=CC=C2CCC(C=CC3=[N+](CCC(=O)O)c4ccc5cc(S(=O)(=O)O)ccc5c4C3(C)C)=C2Cl)N(CCC(=O)O)c2ccc3cc(SOOO)ccc3c21. The number of anilines is 1. The Morgan fingerprint density at radius 2 is 1.57 bits per heavy atom. The summed E-state index contributed by atoms with van der Waals surface area (Å²) in [7, 11) is -4.41. The Hall–Kier alpha value is -4.80. The van der Waals surface area contributed by atoms with Gasteiger partial charge in [-0.1, -0.05) is 60.8 Å². The molecule has 0 bridgehead atoms. The molecule has 3 aliphatic rings. The van der Waals surface area contributed by atoms with E-state index in [4.69, 9.17) is 16.9 Å². The van der Waals surface area contributed by atoms with Gasteiger partial charge in [0.2, 0.25) is 5.69 Å². The molecule has 0 saturated carbocycles. The van der Waals surface area contributed by atoms with Gasteiger partial charge in [-0.15, -0.1) is 4.33 Å². The Bertz CT molecular complexity index is 2680. The van der Waals surface area contributed by atoms with Crippen molar-refractivity contribution < 1.29 is 52.0 Å². The van der Waals surface area contributed by atoms with E-state index in [1.54, 1.807) is 12.1 Å². The van der Waals surface area contributed by atoms with Crippen molar-refractivity contribution in [2.75, 3.05) is 18.0 Å². The standard InChI is InChI=1S/C43H41ClN2O10S2/c1-42(2)35(45(21-19-37(47)48)33-15-7-27-23-29(57-56-55-51)11-13-31(27)39(33)42)17-9-25-5-6-26(41(25)44)10-18-36-43(3,4)40-32-14-12-30(58(52,53)54)24-28(32)8-16-34(40)46(36)22-20-38(49)50/h7-18,23-24H,5-6,19-22H2,1-4H3,(H3-,47,48,49,50,51,52,53,54)/p+1. The van der Waals surface area contributed by atoms with Gasteiger partial charge in [0, 0.05) is 51.0 Å². The maximum atomic E-state index is 11.9. The first kappa shape index (κ1) is 41.4. The lowest BCUT2D eigenvalue weighted by Crippen LogP contribution is -2.28. The highest BCUT2D eigenvalue weighted by Crippen LogP contribution is 2.52. The summed E-state index contributed by atoms with van der Waals surface area (Å²) in [5, 5.41) is 35.6. The Labute approximate surface area is 344 Å². The van der Waals surface area contributed by atoms with Gasteiger partial charge in [0.15, 0.2) is 12.3 Å². The maximum Gasteiger partial charge on any atom is 0.309 e. The van der Waals surface area contributed by atoms with Crippen molar-refractivity contribution in [3.05, 3.63) is 118 Å². The summed E-state index contributed by atoms with van der Waals surface area (Å²) in [6, 6.07) is 17.9. The first-order valence-corrected chi connectivity index (χ1v) is 21.1. The van der Waals surface area contributed by atoms with Crippen LogP contribution in [-0.4, -0.2) is 63.8 Å². The molecule has 0 spiro atoms. The minimum atomic E-state index is -4.41. The van der Waals surface area contributed by atoms with Crippen LogP contribution >= 0.6 is 23.6 Å². The van der Waals surface area contributed by atoms with Crippen LogP contribution in [0.4, 0.5) is 11.4 Å². The number of fused-ring (bicyclic) bond motifs is 6. The van der Waals surface area contributed by atoms with Crippen LogP contribution in [0.15, 0.2) is 117 Å². The predicted octanol–water partition coefficient (Wildman–Crippen LogP) is 9.44. The van der Waals surface area contributed by atoms with Gasteiger partial charge in [-0.2, -0.15) is 13.0 Å². The van der Waals surface area contributed by atoms with E-state index in [2.05, 4.69) is 28.1 Å². The molecular formula is C43H42ClN2O10S2+. The normalized spacial score (nSPS) is 18.8. The van der Waals surface area contributed by atoms with Crippen LogP contribution in [0.2, 0.25) is 0 Å². The Morgan fingerprint density at radius 1 is 0.879 bits per heavy atom. The molecule has 2 aliphatic heterocycles. The number of aliphatic carboxylic acids is 2. The van der Waals surface area contributed by atoms with Gasteiger partial charge in [-0.3, -0.25) is 14.1 Å². The number of rotatable bonds is 13. The molecule has 0 amide bonds. The summed E-state index contributed by atoms with van der Waals surface area (Å²) in [6.07, 6.45) is 9.20. The number of benzene rings is 4. The molecule has 58 heavy (non-hydrogen) atoms. The summed E-state index contributed by atoms with van der Waals surface area (Å²) in [5.41, 5.74) is 6.22. The molecule has 0 atom stereocenters. The Morgan fingerprint density at radius 3 is 2.28 bits per heavy atom. The topological polar surface area (TPSA) is 174 Å². The van der Waals surface area contributed by atoms with Crippen molar-refractivity contribution in [2.45, 2.75) is 74.0 Å². The lowest BCUT2D eigenvalue weighted by atomic mass is 9.79. The lowest BCUT2D eigenvalue weighted by molar-refractivity contribution is -0.436. The van der Waals surface area contributed by atoms with E-state index < -0.39 is 32.9 Å². The summed E-state index contributed by atoms with van der Waals surface area (Å²) in [6.45, 7) is 8.81. The molecule has 0 fully saturated rings. The van der Waals surface area contributed by atoms with Crippen LogP contribution in [0.25, 0.3) is 21.5 Å². The van der Waals surface area contributed by atoms with Gasteiger partial charge in [-0.25, -0.2) is 5.26 Å². The third-order valence-electron chi connectivity index (χ3n) is 11.3. The molecule has 0 aromatic heterocycles. The van der Waals surface area contributed by atoms with E-state index in [-0.39, 0.29) is 30.8 Å². The number of hydrogen-bond donors (Lipinski definition) is 4. The van der Waals surface area contributed by atoms with Crippen LogP contribution in [0.5, 0.6) is 0 Å². The number of nitrogens with zero attached hydrogens (tertiary/aromatic N) is 2. The molecule has 4 aromatic carbocycles. The summed E-state index contributed by atoms with van der Waals surface area (Å²) in [4.78, 5) is 26.1. The van der Waals surface area contributed by atoms with Gasteiger partial charge in [0.25, 0.3) is 10.1 Å². The minimum absolute atomic E-state index is 0.0604. The molecular weight excluding hydrogens is 804 g/mol. The number of carboxylic acid groups (broad SMARTS) is 2. The minimum Gasteiger partial charge on any atom is -0.481 e. The van der Waals surface area contributed by atoms with Crippen LogP contribution in [0.3, 0.4) is 0 Å². The molecule has 0 unspecified atom stereocenters. The van der Waals surface area contributed by atoms with Crippen molar-refractivity contribution in [3.8, 4) is 0 Å². The first-order chi connectivity index (χ1) is 27.4.